The van der Waals surface area contributed by atoms with Crippen LogP contribution in [0.1, 0.15) is 27.0 Å². The number of hydrogen-bond donors (Lipinski definition) is 2. The molecule has 3 aromatic rings. The summed E-state index contributed by atoms with van der Waals surface area (Å²) >= 11 is 3.49. The van der Waals surface area contributed by atoms with Gasteiger partial charge in [0.2, 0.25) is 0 Å². The first-order chi connectivity index (χ1) is 13.1. The second-order valence-electron chi connectivity index (χ2n) is 5.53. The van der Waals surface area contributed by atoms with Crippen molar-refractivity contribution in [2.75, 3.05) is 17.2 Å². The van der Waals surface area contributed by atoms with E-state index in [4.69, 9.17) is 4.74 Å². The van der Waals surface area contributed by atoms with Crippen LogP contribution in [0.4, 0.5) is 11.4 Å². The first-order valence-electron chi connectivity index (χ1n) is 8.25. The Morgan fingerprint density at radius 1 is 1.04 bits per heavy atom. The standard InChI is InChI=1S/C20H17IN2O3S/c1-2-26-15-8-6-14(7-9-15)22-19(24)16-12-13(21)5-10-17(16)23-20(25)18-4-3-11-27-18/h3-12H,2H2,1H3,(H,22,24)(H,23,25). The van der Waals surface area contributed by atoms with Crippen LogP contribution in [-0.2, 0) is 0 Å². The largest absolute Gasteiger partial charge is 0.494 e. The van der Waals surface area contributed by atoms with E-state index >= 15 is 0 Å². The average molecular weight is 492 g/mol. The highest BCUT2D eigenvalue weighted by Crippen LogP contribution is 2.23. The molecule has 0 fully saturated rings. The Morgan fingerprint density at radius 3 is 2.48 bits per heavy atom. The summed E-state index contributed by atoms with van der Waals surface area (Å²) in [5.74, 6) is 0.217. The molecule has 3 rings (SSSR count). The molecule has 27 heavy (non-hydrogen) atoms. The van der Waals surface area contributed by atoms with Crippen molar-refractivity contribution < 1.29 is 14.3 Å². The maximum atomic E-state index is 12.8. The topological polar surface area (TPSA) is 67.4 Å². The number of hydrogen-bond acceptors (Lipinski definition) is 4. The molecule has 2 amide bonds. The highest BCUT2D eigenvalue weighted by atomic mass is 127. The summed E-state index contributed by atoms with van der Waals surface area (Å²) in [5, 5.41) is 7.51. The third kappa shape index (κ3) is 5.08. The van der Waals surface area contributed by atoms with E-state index in [0.717, 1.165) is 9.32 Å². The predicted molar refractivity (Wildman–Crippen MR) is 117 cm³/mol. The van der Waals surface area contributed by atoms with Gasteiger partial charge >= 0.3 is 0 Å². The molecule has 0 aliphatic heterocycles. The van der Waals surface area contributed by atoms with E-state index in [2.05, 4.69) is 33.2 Å². The zero-order valence-electron chi connectivity index (χ0n) is 14.5. The Kier molecular flexibility index (Phi) is 6.46. The van der Waals surface area contributed by atoms with Crippen molar-refractivity contribution in [1.29, 1.82) is 0 Å². The van der Waals surface area contributed by atoms with Crippen LogP contribution < -0.4 is 15.4 Å². The van der Waals surface area contributed by atoms with Gasteiger partial charge in [0.05, 0.1) is 22.7 Å². The van der Waals surface area contributed by atoms with E-state index in [0.29, 0.717) is 28.4 Å². The zero-order chi connectivity index (χ0) is 19.2. The highest BCUT2D eigenvalue weighted by molar-refractivity contribution is 14.1. The van der Waals surface area contributed by atoms with Crippen molar-refractivity contribution in [1.82, 2.24) is 0 Å². The number of halogens is 1. The van der Waals surface area contributed by atoms with Crippen LogP contribution in [0.15, 0.2) is 60.0 Å². The molecule has 1 heterocycles. The van der Waals surface area contributed by atoms with Crippen molar-refractivity contribution in [3.05, 3.63) is 74.0 Å². The minimum absolute atomic E-state index is 0.235. The maximum Gasteiger partial charge on any atom is 0.265 e. The minimum Gasteiger partial charge on any atom is -0.494 e. The van der Waals surface area contributed by atoms with E-state index in [1.165, 1.54) is 11.3 Å². The van der Waals surface area contributed by atoms with Crippen LogP contribution in [0.25, 0.3) is 0 Å². The summed E-state index contributed by atoms with van der Waals surface area (Å²) in [6, 6.07) is 16.0. The van der Waals surface area contributed by atoms with Gasteiger partial charge in [-0.15, -0.1) is 11.3 Å². The molecule has 7 heteroatoms. The lowest BCUT2D eigenvalue weighted by molar-refractivity contribution is 0.102. The molecule has 0 aliphatic carbocycles. The SMILES string of the molecule is CCOc1ccc(NC(=O)c2cc(I)ccc2NC(=O)c2cccs2)cc1. The van der Waals surface area contributed by atoms with Crippen molar-refractivity contribution in [2.45, 2.75) is 6.92 Å². The van der Waals surface area contributed by atoms with Crippen molar-refractivity contribution in [3.63, 3.8) is 0 Å². The summed E-state index contributed by atoms with van der Waals surface area (Å²) in [6.45, 7) is 2.50. The van der Waals surface area contributed by atoms with Crippen molar-refractivity contribution in [2.24, 2.45) is 0 Å². The second kappa shape index (κ2) is 9.01. The number of nitrogens with one attached hydrogen (secondary N) is 2. The van der Waals surface area contributed by atoms with Gasteiger partial charge in [-0.3, -0.25) is 9.59 Å². The fourth-order valence-electron chi connectivity index (χ4n) is 2.40. The number of ether oxygens (including phenoxy) is 1. The number of benzene rings is 2. The molecule has 1 aromatic heterocycles. The lowest BCUT2D eigenvalue weighted by atomic mass is 10.1. The molecule has 0 saturated heterocycles. The Morgan fingerprint density at radius 2 is 1.81 bits per heavy atom. The number of amides is 2. The quantitative estimate of drug-likeness (QED) is 0.462. The van der Waals surface area contributed by atoms with Gasteiger partial charge < -0.3 is 15.4 Å². The van der Waals surface area contributed by atoms with Gasteiger partial charge in [0.1, 0.15) is 5.75 Å². The fourth-order valence-corrected chi connectivity index (χ4v) is 3.51. The van der Waals surface area contributed by atoms with Crippen LogP contribution in [0.5, 0.6) is 5.75 Å². The van der Waals surface area contributed by atoms with Gasteiger partial charge in [0.25, 0.3) is 11.8 Å². The van der Waals surface area contributed by atoms with Gasteiger partial charge in [-0.25, -0.2) is 0 Å². The van der Waals surface area contributed by atoms with Crippen LogP contribution >= 0.6 is 33.9 Å². The van der Waals surface area contributed by atoms with Gasteiger partial charge in [-0.1, -0.05) is 6.07 Å². The summed E-state index contributed by atoms with van der Waals surface area (Å²) in [4.78, 5) is 25.7. The van der Waals surface area contributed by atoms with Gasteiger partial charge in [0, 0.05) is 9.26 Å². The third-order valence-electron chi connectivity index (χ3n) is 3.64. The van der Waals surface area contributed by atoms with Gasteiger partial charge in [0.15, 0.2) is 0 Å². The normalized spacial score (nSPS) is 10.3. The molecule has 5 nitrogen and oxygen atoms in total. The molecule has 0 spiro atoms. The summed E-state index contributed by atoms with van der Waals surface area (Å²) in [6.07, 6.45) is 0. The Labute approximate surface area is 174 Å². The molecule has 0 saturated carbocycles. The Balaban J connectivity index is 1.79. The Hall–Kier alpha value is -2.39. The maximum absolute atomic E-state index is 12.8. The molecule has 0 aliphatic rings. The summed E-state index contributed by atoms with van der Waals surface area (Å²) < 4.78 is 6.31. The predicted octanol–water partition coefficient (Wildman–Crippen LogP) is 5.26. The molecule has 0 bridgehead atoms. The molecule has 0 unspecified atom stereocenters. The second-order valence-corrected chi connectivity index (χ2v) is 7.73. The summed E-state index contributed by atoms with van der Waals surface area (Å²) in [5.41, 5.74) is 1.52. The van der Waals surface area contributed by atoms with E-state index in [1.807, 2.05) is 24.4 Å². The van der Waals surface area contributed by atoms with Crippen LogP contribution in [0, 0.1) is 3.57 Å². The Bertz CT molecular complexity index is 940. The summed E-state index contributed by atoms with van der Waals surface area (Å²) in [7, 11) is 0. The average Bonchev–Trinajstić information content (AvgIpc) is 3.20. The van der Waals surface area contributed by atoms with Crippen LogP contribution in [0.2, 0.25) is 0 Å². The van der Waals surface area contributed by atoms with Gasteiger partial charge in [-0.2, -0.15) is 0 Å². The van der Waals surface area contributed by atoms with Crippen molar-refractivity contribution in [3.8, 4) is 5.75 Å². The van der Waals surface area contributed by atoms with E-state index < -0.39 is 0 Å². The van der Waals surface area contributed by atoms with E-state index in [9.17, 15) is 9.59 Å². The fraction of sp³-hybridized carbons (Fsp3) is 0.100. The molecule has 0 radical (unpaired) electrons. The number of rotatable bonds is 6. The van der Waals surface area contributed by atoms with E-state index in [1.54, 1.807) is 42.5 Å². The van der Waals surface area contributed by atoms with Gasteiger partial charge in [-0.05, 0) is 83.4 Å². The molecular weight excluding hydrogens is 475 g/mol. The smallest absolute Gasteiger partial charge is 0.265 e. The van der Waals surface area contributed by atoms with E-state index in [-0.39, 0.29) is 11.8 Å². The van der Waals surface area contributed by atoms with Crippen LogP contribution in [-0.4, -0.2) is 18.4 Å². The minimum atomic E-state index is -0.292. The van der Waals surface area contributed by atoms with Crippen molar-refractivity contribution >= 4 is 57.1 Å². The lowest BCUT2D eigenvalue weighted by Crippen LogP contribution is -2.18. The number of carbonyl (C=O) groups is 2. The number of anilines is 2. The number of carbonyl (C=O) groups excluding carboxylic acids is 2. The first kappa shape index (κ1) is 19.4. The lowest BCUT2D eigenvalue weighted by Gasteiger charge is -2.12. The van der Waals surface area contributed by atoms with Crippen LogP contribution in [0.3, 0.4) is 0 Å². The number of thiophene rings is 1. The molecule has 138 valence electrons. The first-order valence-corrected chi connectivity index (χ1v) is 10.2. The zero-order valence-corrected chi connectivity index (χ0v) is 17.5. The molecule has 2 N–H and O–H groups in total. The highest BCUT2D eigenvalue weighted by Gasteiger charge is 2.16. The monoisotopic (exact) mass is 492 g/mol. The third-order valence-corrected chi connectivity index (χ3v) is 5.18. The molecular formula is C20H17IN2O3S. The molecule has 0 atom stereocenters. The molecule has 2 aromatic carbocycles.